The number of aromatic nitrogens is 3. The van der Waals surface area contributed by atoms with Crippen molar-refractivity contribution >= 4 is 13.8 Å². The summed E-state index contributed by atoms with van der Waals surface area (Å²) in [7, 11) is -1.13. The van der Waals surface area contributed by atoms with Gasteiger partial charge < -0.3 is 15.2 Å². The van der Waals surface area contributed by atoms with E-state index in [9.17, 15) is 8.78 Å². The highest BCUT2D eigenvalue weighted by atomic mass is 28.3. The molecule has 0 saturated carbocycles. The lowest BCUT2D eigenvalue weighted by atomic mass is 10.1. The van der Waals surface area contributed by atoms with Gasteiger partial charge in [-0.05, 0) is 18.2 Å². The van der Waals surface area contributed by atoms with Crippen LogP contribution in [0.5, 0.6) is 5.75 Å². The first kappa shape index (κ1) is 18.3. The normalized spacial score (nSPS) is 11.9. The highest BCUT2D eigenvalue weighted by Crippen LogP contribution is 2.29. The molecule has 0 spiro atoms. The molecule has 0 saturated heterocycles. The number of halogens is 2. The average molecular weight is 356 g/mol. The van der Waals surface area contributed by atoms with Crippen molar-refractivity contribution in [3.05, 3.63) is 24.4 Å². The Labute approximate surface area is 140 Å². The van der Waals surface area contributed by atoms with E-state index >= 15 is 0 Å². The van der Waals surface area contributed by atoms with E-state index in [4.69, 9.17) is 10.5 Å². The van der Waals surface area contributed by atoms with Gasteiger partial charge in [-0.2, -0.15) is 8.78 Å². The number of nitrogens with two attached hydrogens (primary N) is 1. The second-order valence-electron chi connectivity index (χ2n) is 6.62. The van der Waals surface area contributed by atoms with Gasteiger partial charge in [0.2, 0.25) is 0 Å². The molecule has 1 aromatic carbocycles. The molecule has 132 valence electrons. The second kappa shape index (κ2) is 7.71. The zero-order chi connectivity index (χ0) is 17.7. The lowest BCUT2D eigenvalue weighted by Crippen LogP contribution is -2.22. The van der Waals surface area contributed by atoms with Gasteiger partial charge in [0.05, 0.1) is 11.9 Å². The first-order valence-electron chi connectivity index (χ1n) is 7.57. The molecule has 0 amide bonds. The van der Waals surface area contributed by atoms with Crippen LogP contribution in [0, 0.1) is 0 Å². The minimum absolute atomic E-state index is 0.0802. The Bertz CT molecular complexity index is 674. The zero-order valence-electron chi connectivity index (χ0n) is 14.0. The quantitative estimate of drug-likeness (QED) is 0.445. The summed E-state index contributed by atoms with van der Waals surface area (Å²) in [5, 5.41) is 7.99. The first-order chi connectivity index (χ1) is 11.2. The second-order valence-corrected chi connectivity index (χ2v) is 12.2. The Kier molecular flexibility index (Phi) is 5.89. The minimum Gasteiger partial charge on any atom is -0.433 e. The van der Waals surface area contributed by atoms with Gasteiger partial charge in [0.1, 0.15) is 18.2 Å². The zero-order valence-corrected chi connectivity index (χ0v) is 15.0. The average Bonchev–Trinajstić information content (AvgIpc) is 2.93. The fourth-order valence-corrected chi connectivity index (χ4v) is 2.68. The molecular weight excluding hydrogens is 334 g/mol. The van der Waals surface area contributed by atoms with Gasteiger partial charge in [0, 0.05) is 20.2 Å². The van der Waals surface area contributed by atoms with Crippen molar-refractivity contribution in [3.8, 4) is 17.0 Å². The van der Waals surface area contributed by atoms with Gasteiger partial charge in [0.15, 0.2) is 0 Å². The van der Waals surface area contributed by atoms with Crippen LogP contribution in [0.3, 0.4) is 0 Å². The molecule has 0 atom stereocenters. The van der Waals surface area contributed by atoms with Crippen LogP contribution < -0.4 is 10.5 Å². The van der Waals surface area contributed by atoms with E-state index in [0.717, 1.165) is 6.04 Å². The van der Waals surface area contributed by atoms with Crippen LogP contribution in [-0.2, 0) is 11.5 Å². The summed E-state index contributed by atoms with van der Waals surface area (Å²) in [6.45, 7) is 4.89. The number of ether oxygens (including phenoxy) is 2. The van der Waals surface area contributed by atoms with Gasteiger partial charge in [-0.25, -0.2) is 4.68 Å². The van der Waals surface area contributed by atoms with E-state index in [0.29, 0.717) is 24.6 Å². The van der Waals surface area contributed by atoms with E-state index in [1.807, 2.05) is 0 Å². The molecule has 0 unspecified atom stereocenters. The molecule has 1 aromatic heterocycles. The van der Waals surface area contributed by atoms with Gasteiger partial charge in [0.25, 0.3) is 0 Å². The lowest BCUT2D eigenvalue weighted by Gasteiger charge is -2.15. The van der Waals surface area contributed by atoms with Gasteiger partial charge >= 0.3 is 6.61 Å². The molecule has 0 aliphatic carbocycles. The topological polar surface area (TPSA) is 75.2 Å². The van der Waals surface area contributed by atoms with Crippen LogP contribution in [0.4, 0.5) is 14.5 Å². The van der Waals surface area contributed by atoms with Crippen molar-refractivity contribution in [2.24, 2.45) is 0 Å². The summed E-state index contributed by atoms with van der Waals surface area (Å²) in [5.74, 6) is -0.0802. The first-order valence-corrected chi connectivity index (χ1v) is 11.3. The van der Waals surface area contributed by atoms with Crippen LogP contribution in [0.2, 0.25) is 25.7 Å². The number of benzene rings is 1. The number of alkyl halides is 2. The molecule has 0 aliphatic rings. The highest BCUT2D eigenvalue weighted by molar-refractivity contribution is 6.76. The number of nitrogen functional groups attached to an aromatic ring is 1. The molecule has 2 rings (SSSR count). The van der Waals surface area contributed by atoms with Crippen molar-refractivity contribution in [3.63, 3.8) is 0 Å². The predicted octanol–water partition coefficient (Wildman–Crippen LogP) is 3.44. The third-order valence-corrected chi connectivity index (χ3v) is 4.99. The summed E-state index contributed by atoms with van der Waals surface area (Å²) in [6, 6.07) is 5.66. The highest BCUT2D eigenvalue weighted by Gasteiger charge is 2.13. The van der Waals surface area contributed by atoms with Crippen molar-refractivity contribution in [1.29, 1.82) is 0 Å². The fourth-order valence-electron chi connectivity index (χ4n) is 1.92. The van der Waals surface area contributed by atoms with Gasteiger partial charge in [-0.3, -0.25) is 0 Å². The Balaban J connectivity index is 2.00. The predicted molar refractivity (Wildman–Crippen MR) is 90.6 cm³/mol. The van der Waals surface area contributed by atoms with Crippen LogP contribution >= 0.6 is 0 Å². The summed E-state index contributed by atoms with van der Waals surface area (Å²) in [4.78, 5) is 0. The third kappa shape index (κ3) is 5.57. The maximum Gasteiger partial charge on any atom is 0.387 e. The molecule has 9 heteroatoms. The SMILES string of the molecule is C[Si](C)(C)CCOCn1cc(-c2ccc(N)c(OC(F)F)c2)nn1. The van der Waals surface area contributed by atoms with Crippen LogP contribution in [0.25, 0.3) is 11.3 Å². The summed E-state index contributed by atoms with van der Waals surface area (Å²) < 4.78 is 36.3. The standard InChI is InChI=1S/C15H22F2N4O2Si/c1-24(2,3)7-6-22-10-21-9-13(19-20-21)11-4-5-12(18)14(8-11)23-15(16)17/h4-5,8-9,15H,6-7,10,18H2,1-3H3. The molecule has 2 aromatic rings. The molecule has 2 N–H and O–H groups in total. The minimum atomic E-state index is -2.93. The Morgan fingerprint density at radius 2 is 2.04 bits per heavy atom. The summed E-state index contributed by atoms with van der Waals surface area (Å²) >= 11 is 0. The van der Waals surface area contributed by atoms with Crippen molar-refractivity contribution in [1.82, 2.24) is 15.0 Å². The largest absolute Gasteiger partial charge is 0.433 e. The van der Waals surface area contributed by atoms with E-state index in [-0.39, 0.29) is 11.4 Å². The lowest BCUT2D eigenvalue weighted by molar-refractivity contribution is -0.0493. The molecular formula is C15H22F2N4O2Si. The van der Waals surface area contributed by atoms with E-state index < -0.39 is 14.7 Å². The van der Waals surface area contributed by atoms with E-state index in [2.05, 4.69) is 34.7 Å². The maximum absolute atomic E-state index is 12.4. The van der Waals surface area contributed by atoms with Crippen molar-refractivity contribution in [2.45, 2.75) is 39.0 Å². The summed E-state index contributed by atoms with van der Waals surface area (Å²) in [5.41, 5.74) is 6.88. The van der Waals surface area contributed by atoms with Crippen LogP contribution in [-0.4, -0.2) is 36.3 Å². The van der Waals surface area contributed by atoms with Crippen LogP contribution in [0.15, 0.2) is 24.4 Å². The van der Waals surface area contributed by atoms with Crippen LogP contribution in [0.1, 0.15) is 0 Å². The van der Waals surface area contributed by atoms with Gasteiger partial charge in [-0.1, -0.05) is 30.9 Å². The molecule has 1 heterocycles. The number of hydrogen-bond acceptors (Lipinski definition) is 5. The number of rotatable bonds is 8. The monoisotopic (exact) mass is 356 g/mol. The molecule has 0 fully saturated rings. The Morgan fingerprint density at radius 3 is 2.71 bits per heavy atom. The molecule has 0 radical (unpaired) electrons. The Morgan fingerprint density at radius 1 is 1.29 bits per heavy atom. The molecule has 24 heavy (non-hydrogen) atoms. The van der Waals surface area contributed by atoms with E-state index in [1.54, 1.807) is 16.9 Å². The van der Waals surface area contributed by atoms with Gasteiger partial charge in [-0.15, -0.1) is 5.10 Å². The third-order valence-electron chi connectivity index (χ3n) is 3.28. The van der Waals surface area contributed by atoms with Crippen molar-refractivity contribution in [2.75, 3.05) is 12.3 Å². The smallest absolute Gasteiger partial charge is 0.387 e. The molecule has 0 aliphatic heterocycles. The Hall–Kier alpha value is -2.00. The molecule has 0 bridgehead atoms. The fraction of sp³-hybridized carbons (Fsp3) is 0.467. The molecule has 6 nitrogen and oxygen atoms in total. The van der Waals surface area contributed by atoms with Crippen molar-refractivity contribution < 1.29 is 18.3 Å². The number of nitrogens with zero attached hydrogens (tertiary/aromatic N) is 3. The number of anilines is 1. The maximum atomic E-state index is 12.4. The van der Waals surface area contributed by atoms with E-state index in [1.165, 1.54) is 12.1 Å². The summed E-state index contributed by atoms with van der Waals surface area (Å²) in [6.07, 6.45) is 1.69. The number of hydrogen-bond donors (Lipinski definition) is 1.